The summed E-state index contributed by atoms with van der Waals surface area (Å²) in [6.07, 6.45) is -7.83. The van der Waals surface area contributed by atoms with Gasteiger partial charge in [0.15, 0.2) is 0 Å². The molecular formula is C37H30Cl2F6Zr-4. The molecule has 0 atom stereocenters. The molecule has 9 heteroatoms. The second kappa shape index (κ2) is 17.3. The molecule has 0 unspecified atom stereocenters. The van der Waals surface area contributed by atoms with Gasteiger partial charge in [-0.2, -0.15) is 38.5 Å². The predicted molar refractivity (Wildman–Crippen MR) is 165 cm³/mol. The van der Waals surface area contributed by atoms with Crippen molar-refractivity contribution in [3.8, 4) is 22.3 Å². The monoisotopic (exact) mass is 748 g/mol. The average molecular weight is 751 g/mol. The molecule has 6 aromatic carbocycles. The minimum atomic E-state index is -4.29. The summed E-state index contributed by atoms with van der Waals surface area (Å²) in [5, 5.41) is 4.37. The maximum absolute atomic E-state index is 12.6. The van der Waals surface area contributed by atoms with Crippen molar-refractivity contribution < 1.29 is 77.4 Å². The zero-order valence-corrected chi connectivity index (χ0v) is 29.0. The molecule has 0 N–H and O–H groups in total. The number of alkyl halides is 6. The minimum absolute atomic E-state index is 0. The summed E-state index contributed by atoms with van der Waals surface area (Å²) in [6, 6.07) is 30.6. The van der Waals surface area contributed by atoms with Gasteiger partial charge in [0.2, 0.25) is 0 Å². The first kappa shape index (κ1) is 41.2. The molecule has 6 rings (SSSR count). The molecule has 0 fully saturated rings. The van der Waals surface area contributed by atoms with E-state index in [0.29, 0.717) is 0 Å². The molecule has 0 heterocycles. The van der Waals surface area contributed by atoms with E-state index in [1.165, 1.54) is 24.3 Å². The van der Waals surface area contributed by atoms with Crippen LogP contribution in [0.2, 0.25) is 0 Å². The van der Waals surface area contributed by atoms with Gasteiger partial charge in [0.1, 0.15) is 0 Å². The van der Waals surface area contributed by atoms with Gasteiger partial charge in [-0.3, -0.25) is 0 Å². The Balaban J connectivity index is 0.000000400. The minimum Gasteiger partial charge on any atom is -1.00 e. The Hall–Kier alpha value is -2.86. The van der Waals surface area contributed by atoms with E-state index in [-0.39, 0.29) is 51.0 Å². The van der Waals surface area contributed by atoms with Gasteiger partial charge in [0, 0.05) is 0 Å². The molecule has 242 valence electrons. The average Bonchev–Trinajstić information content (AvgIpc) is 3.53. The summed E-state index contributed by atoms with van der Waals surface area (Å²) in [7, 11) is 0. The summed E-state index contributed by atoms with van der Waals surface area (Å²) in [5.41, 5.74) is 4.59. The van der Waals surface area contributed by atoms with Crippen LogP contribution in [0.15, 0.2) is 109 Å². The van der Waals surface area contributed by atoms with Gasteiger partial charge < -0.3 is 45.1 Å². The van der Waals surface area contributed by atoms with Crippen LogP contribution in [0.5, 0.6) is 0 Å². The van der Waals surface area contributed by atoms with Crippen molar-refractivity contribution in [2.75, 3.05) is 0 Å². The Morgan fingerprint density at radius 1 is 0.543 bits per heavy atom. The fourth-order valence-electron chi connectivity index (χ4n) is 4.95. The zero-order valence-electron chi connectivity index (χ0n) is 25.0. The van der Waals surface area contributed by atoms with Crippen molar-refractivity contribution in [1.29, 1.82) is 0 Å². The molecule has 0 spiro atoms. The summed E-state index contributed by atoms with van der Waals surface area (Å²) < 4.78 is 75.5. The van der Waals surface area contributed by atoms with Crippen molar-refractivity contribution in [3.05, 3.63) is 145 Å². The van der Waals surface area contributed by atoms with E-state index in [1.54, 1.807) is 0 Å². The standard InChI is InChI=1S/2C17H12F3.C3H6.2ClH.Zr/c2*1-11-9-13-3-2-4-15(16(13)10-11)12-5-7-14(8-6-12)17(18,19)20;1-3-2;;;/h2*2-10H,1H3;1-3H2;2*1H;/q2*-1;-2;;;+2/p-2. The Kier molecular flexibility index (Phi) is 15.5. The molecule has 46 heavy (non-hydrogen) atoms. The number of halogens is 8. The molecule has 0 amide bonds. The summed E-state index contributed by atoms with van der Waals surface area (Å²) in [5.74, 6) is 0. The predicted octanol–water partition coefficient (Wildman–Crippen LogP) is 6.16. The third-order valence-electron chi connectivity index (χ3n) is 6.84. The maximum Gasteiger partial charge on any atom is 2.00 e. The number of rotatable bonds is 2. The Morgan fingerprint density at radius 3 is 1.13 bits per heavy atom. The SMILES string of the molecule is Cc1cc2c(-c3ccc(C(F)(F)F)cc3)cccc2[cH-]1.Cc1cc2c(-c3ccc(C(F)(F)F)cc3)cccc2[cH-]1.[CH2-]C[CH2-].[Cl-].[Cl-].[Zr+2]. The van der Waals surface area contributed by atoms with Crippen LogP contribution in [0.3, 0.4) is 0 Å². The van der Waals surface area contributed by atoms with Crippen LogP contribution in [0, 0.1) is 27.7 Å². The van der Waals surface area contributed by atoms with E-state index in [0.717, 1.165) is 85.6 Å². The molecule has 0 bridgehead atoms. The molecule has 0 aliphatic rings. The number of hydrogen-bond acceptors (Lipinski definition) is 0. The Labute approximate surface area is 297 Å². The first-order valence-electron chi connectivity index (χ1n) is 13.6. The van der Waals surface area contributed by atoms with Crippen molar-refractivity contribution >= 4 is 21.5 Å². The van der Waals surface area contributed by atoms with Crippen molar-refractivity contribution in [3.63, 3.8) is 0 Å². The quantitative estimate of drug-likeness (QED) is 0.147. The third kappa shape index (κ3) is 10.1. The van der Waals surface area contributed by atoms with Crippen LogP contribution >= 0.6 is 0 Å². The number of hydrogen-bond donors (Lipinski definition) is 0. The molecule has 0 aromatic heterocycles. The molecule has 0 radical (unpaired) electrons. The summed E-state index contributed by atoms with van der Waals surface area (Å²) in [4.78, 5) is 0. The van der Waals surface area contributed by atoms with Gasteiger partial charge in [0.25, 0.3) is 0 Å². The number of aryl methyl sites for hydroxylation is 2. The number of fused-ring (bicyclic) bond motifs is 2. The van der Waals surface area contributed by atoms with Crippen LogP contribution in [0.25, 0.3) is 43.8 Å². The molecule has 0 nitrogen and oxygen atoms in total. The van der Waals surface area contributed by atoms with Crippen molar-refractivity contribution in [1.82, 2.24) is 0 Å². The topological polar surface area (TPSA) is 0 Å². The zero-order chi connectivity index (χ0) is 31.4. The molecule has 0 saturated carbocycles. The second-order valence-electron chi connectivity index (χ2n) is 10.2. The van der Waals surface area contributed by atoms with Gasteiger partial charge >= 0.3 is 38.6 Å². The van der Waals surface area contributed by atoms with Crippen LogP contribution in [0.4, 0.5) is 26.3 Å². The van der Waals surface area contributed by atoms with E-state index in [1.807, 2.05) is 50.2 Å². The van der Waals surface area contributed by atoms with Crippen molar-refractivity contribution in [2.24, 2.45) is 0 Å². The van der Waals surface area contributed by atoms with Gasteiger partial charge in [-0.1, -0.05) is 61.4 Å². The molecule has 0 saturated heterocycles. The summed E-state index contributed by atoms with van der Waals surface area (Å²) >= 11 is 0. The molecule has 0 aliphatic heterocycles. The van der Waals surface area contributed by atoms with Crippen LogP contribution in [-0.4, -0.2) is 0 Å². The maximum atomic E-state index is 12.6. The largest absolute Gasteiger partial charge is 2.00 e. The fraction of sp³-hybridized carbons (Fsp3) is 0.135. The van der Waals surface area contributed by atoms with Crippen LogP contribution in [0.1, 0.15) is 28.7 Å². The first-order valence-corrected chi connectivity index (χ1v) is 13.6. The number of benzene rings is 4. The summed E-state index contributed by atoms with van der Waals surface area (Å²) in [6.45, 7) is 10.8. The van der Waals surface area contributed by atoms with Gasteiger partial charge in [-0.25, -0.2) is 0 Å². The van der Waals surface area contributed by atoms with E-state index >= 15 is 0 Å². The first-order chi connectivity index (χ1) is 20.3. The molecule has 0 aliphatic carbocycles. The van der Waals surface area contributed by atoms with Crippen LogP contribution in [-0.2, 0) is 38.6 Å². The second-order valence-corrected chi connectivity index (χ2v) is 10.2. The van der Waals surface area contributed by atoms with Gasteiger partial charge in [-0.05, 0) is 35.4 Å². The van der Waals surface area contributed by atoms with Crippen LogP contribution < -0.4 is 24.8 Å². The van der Waals surface area contributed by atoms with Crippen molar-refractivity contribution in [2.45, 2.75) is 32.6 Å². The Morgan fingerprint density at radius 2 is 0.848 bits per heavy atom. The molecule has 6 aromatic rings. The molecular weight excluding hydrogens is 721 g/mol. The third-order valence-corrected chi connectivity index (χ3v) is 6.84. The van der Waals surface area contributed by atoms with E-state index in [9.17, 15) is 26.3 Å². The Bertz CT molecular complexity index is 1660. The van der Waals surface area contributed by atoms with Gasteiger partial charge in [-0.15, -0.1) is 69.1 Å². The normalized spacial score (nSPS) is 10.8. The van der Waals surface area contributed by atoms with E-state index in [2.05, 4.69) is 38.1 Å². The van der Waals surface area contributed by atoms with E-state index < -0.39 is 23.5 Å². The van der Waals surface area contributed by atoms with Gasteiger partial charge in [0.05, 0.1) is 11.1 Å². The smallest absolute Gasteiger partial charge is 1.00 e. The van der Waals surface area contributed by atoms with E-state index in [4.69, 9.17) is 0 Å². The fourth-order valence-corrected chi connectivity index (χ4v) is 4.95.